The van der Waals surface area contributed by atoms with Crippen LogP contribution in [0.4, 0.5) is 4.79 Å². The van der Waals surface area contributed by atoms with Crippen molar-refractivity contribution in [2.24, 2.45) is 0 Å². The standard InChI is InChI=1S/C16H22BrNO3/c1-16(2,3)21-15(20)18-10-4-5-13(18)14(19)11-6-8-12(17)9-7-11/h6-9,13-14,19H,4-5,10H2,1-3H3. The summed E-state index contributed by atoms with van der Waals surface area (Å²) in [7, 11) is 0. The first-order chi connectivity index (χ1) is 9.78. The average molecular weight is 356 g/mol. The molecule has 1 saturated heterocycles. The minimum atomic E-state index is -0.687. The Morgan fingerprint density at radius 1 is 1.38 bits per heavy atom. The first kappa shape index (κ1) is 16.3. The molecule has 1 amide bonds. The first-order valence-corrected chi connectivity index (χ1v) is 8.00. The fourth-order valence-electron chi connectivity index (χ4n) is 2.55. The summed E-state index contributed by atoms with van der Waals surface area (Å²) in [6.45, 7) is 6.18. The molecule has 1 fully saturated rings. The second kappa shape index (κ2) is 6.36. The van der Waals surface area contributed by atoms with E-state index in [4.69, 9.17) is 4.74 Å². The number of likely N-dealkylation sites (tertiary alicyclic amines) is 1. The van der Waals surface area contributed by atoms with Crippen molar-refractivity contribution in [3.8, 4) is 0 Å². The van der Waals surface area contributed by atoms with Gasteiger partial charge in [0.2, 0.25) is 0 Å². The molecule has 0 aromatic heterocycles. The minimum Gasteiger partial charge on any atom is -0.444 e. The van der Waals surface area contributed by atoms with E-state index >= 15 is 0 Å². The molecule has 1 N–H and O–H groups in total. The third-order valence-corrected chi connectivity index (χ3v) is 4.03. The van der Waals surface area contributed by atoms with Gasteiger partial charge in [-0.3, -0.25) is 0 Å². The third-order valence-electron chi connectivity index (χ3n) is 3.50. The highest BCUT2D eigenvalue weighted by molar-refractivity contribution is 9.10. The van der Waals surface area contributed by atoms with E-state index in [0.29, 0.717) is 6.54 Å². The Morgan fingerprint density at radius 2 is 2.00 bits per heavy atom. The van der Waals surface area contributed by atoms with Crippen LogP contribution in [-0.4, -0.2) is 34.3 Å². The molecule has 1 aromatic carbocycles. The molecule has 1 aromatic rings. The maximum absolute atomic E-state index is 12.2. The maximum Gasteiger partial charge on any atom is 0.410 e. The van der Waals surface area contributed by atoms with Crippen LogP contribution < -0.4 is 0 Å². The summed E-state index contributed by atoms with van der Waals surface area (Å²) in [5.74, 6) is 0. The van der Waals surface area contributed by atoms with Crippen LogP contribution >= 0.6 is 15.9 Å². The number of nitrogens with zero attached hydrogens (tertiary/aromatic N) is 1. The number of ether oxygens (including phenoxy) is 1. The van der Waals surface area contributed by atoms with Crippen LogP contribution in [0.3, 0.4) is 0 Å². The van der Waals surface area contributed by atoms with Crippen molar-refractivity contribution in [2.45, 2.75) is 51.4 Å². The number of carbonyl (C=O) groups is 1. The van der Waals surface area contributed by atoms with Gasteiger partial charge in [0.05, 0.1) is 12.1 Å². The normalized spacial score (nSPS) is 20.4. The van der Waals surface area contributed by atoms with E-state index < -0.39 is 11.7 Å². The molecule has 116 valence electrons. The summed E-state index contributed by atoms with van der Waals surface area (Å²) >= 11 is 3.38. The van der Waals surface area contributed by atoms with E-state index in [-0.39, 0.29) is 12.1 Å². The van der Waals surface area contributed by atoms with Gasteiger partial charge in [-0.05, 0) is 51.3 Å². The lowest BCUT2D eigenvalue weighted by molar-refractivity contribution is 0.00490. The van der Waals surface area contributed by atoms with Gasteiger partial charge in [-0.25, -0.2) is 4.79 Å². The highest BCUT2D eigenvalue weighted by atomic mass is 79.9. The molecular formula is C16H22BrNO3. The molecule has 0 saturated carbocycles. The third kappa shape index (κ3) is 4.20. The lowest BCUT2D eigenvalue weighted by Crippen LogP contribution is -2.42. The van der Waals surface area contributed by atoms with Crippen LogP contribution in [0.15, 0.2) is 28.7 Å². The van der Waals surface area contributed by atoms with E-state index in [2.05, 4.69) is 15.9 Å². The Kier molecular flexibility index (Phi) is 4.94. The molecule has 5 heteroatoms. The Morgan fingerprint density at radius 3 is 2.57 bits per heavy atom. The fourth-order valence-corrected chi connectivity index (χ4v) is 2.81. The monoisotopic (exact) mass is 355 g/mol. The number of aliphatic hydroxyl groups is 1. The zero-order valence-electron chi connectivity index (χ0n) is 12.7. The predicted octanol–water partition coefficient (Wildman–Crippen LogP) is 3.88. The number of carbonyl (C=O) groups excluding carboxylic acids is 1. The number of rotatable bonds is 2. The van der Waals surface area contributed by atoms with Crippen molar-refractivity contribution in [3.63, 3.8) is 0 Å². The van der Waals surface area contributed by atoms with Gasteiger partial charge < -0.3 is 14.7 Å². The van der Waals surface area contributed by atoms with Crippen molar-refractivity contribution < 1.29 is 14.6 Å². The van der Waals surface area contributed by atoms with Crippen molar-refractivity contribution in [3.05, 3.63) is 34.3 Å². The van der Waals surface area contributed by atoms with Crippen LogP contribution in [0.1, 0.15) is 45.3 Å². The minimum absolute atomic E-state index is 0.221. The van der Waals surface area contributed by atoms with Gasteiger partial charge >= 0.3 is 6.09 Å². The lowest BCUT2D eigenvalue weighted by atomic mass is 10.0. The molecule has 0 spiro atoms. The van der Waals surface area contributed by atoms with E-state index in [1.54, 1.807) is 4.90 Å². The SMILES string of the molecule is CC(C)(C)OC(=O)N1CCCC1C(O)c1ccc(Br)cc1. The second-order valence-corrected chi connectivity index (χ2v) is 7.30. The van der Waals surface area contributed by atoms with Gasteiger partial charge in [-0.15, -0.1) is 0 Å². The van der Waals surface area contributed by atoms with E-state index in [0.717, 1.165) is 22.9 Å². The molecule has 1 aliphatic heterocycles. The fraction of sp³-hybridized carbons (Fsp3) is 0.562. The predicted molar refractivity (Wildman–Crippen MR) is 85.1 cm³/mol. The molecule has 0 aliphatic carbocycles. The summed E-state index contributed by atoms with van der Waals surface area (Å²) < 4.78 is 6.39. The highest BCUT2D eigenvalue weighted by Gasteiger charge is 2.36. The number of halogens is 1. The van der Waals surface area contributed by atoms with Gasteiger partial charge in [-0.2, -0.15) is 0 Å². The summed E-state index contributed by atoms with van der Waals surface area (Å²) in [4.78, 5) is 13.9. The largest absolute Gasteiger partial charge is 0.444 e. The summed E-state index contributed by atoms with van der Waals surface area (Å²) in [5.41, 5.74) is 0.297. The molecule has 1 aliphatic rings. The van der Waals surface area contributed by atoms with Crippen LogP contribution in [-0.2, 0) is 4.74 Å². The van der Waals surface area contributed by atoms with Gasteiger partial charge in [-0.1, -0.05) is 28.1 Å². The maximum atomic E-state index is 12.2. The molecule has 0 radical (unpaired) electrons. The summed E-state index contributed by atoms with van der Waals surface area (Å²) in [6, 6.07) is 7.32. The topological polar surface area (TPSA) is 49.8 Å². The summed E-state index contributed by atoms with van der Waals surface area (Å²) in [5, 5.41) is 10.6. The first-order valence-electron chi connectivity index (χ1n) is 7.21. The van der Waals surface area contributed by atoms with Gasteiger partial charge in [0.25, 0.3) is 0 Å². The van der Waals surface area contributed by atoms with Crippen LogP contribution in [0.5, 0.6) is 0 Å². The van der Waals surface area contributed by atoms with Gasteiger partial charge in [0.1, 0.15) is 5.60 Å². The average Bonchev–Trinajstić information content (AvgIpc) is 2.86. The second-order valence-electron chi connectivity index (χ2n) is 6.38. The molecule has 4 nitrogen and oxygen atoms in total. The van der Waals surface area contributed by atoms with E-state index in [1.807, 2.05) is 45.0 Å². The Bertz CT molecular complexity index is 495. The van der Waals surface area contributed by atoms with Crippen molar-refractivity contribution in [2.75, 3.05) is 6.54 Å². The zero-order chi connectivity index (χ0) is 15.6. The quantitative estimate of drug-likeness (QED) is 0.875. The molecule has 0 bridgehead atoms. The summed E-state index contributed by atoms with van der Waals surface area (Å²) in [6.07, 6.45) is 0.642. The molecule has 2 atom stereocenters. The Balaban J connectivity index is 2.10. The number of aliphatic hydroxyl groups excluding tert-OH is 1. The van der Waals surface area contributed by atoms with Crippen LogP contribution in [0, 0.1) is 0 Å². The molecule has 2 rings (SSSR count). The van der Waals surface area contributed by atoms with Crippen molar-refractivity contribution in [1.82, 2.24) is 4.90 Å². The van der Waals surface area contributed by atoms with E-state index in [1.165, 1.54) is 0 Å². The zero-order valence-corrected chi connectivity index (χ0v) is 14.3. The van der Waals surface area contributed by atoms with Crippen molar-refractivity contribution in [1.29, 1.82) is 0 Å². The Hall–Kier alpha value is -1.07. The smallest absolute Gasteiger partial charge is 0.410 e. The van der Waals surface area contributed by atoms with E-state index in [9.17, 15) is 9.90 Å². The van der Waals surface area contributed by atoms with Crippen LogP contribution in [0.25, 0.3) is 0 Å². The Labute approximate surface area is 134 Å². The number of amides is 1. The molecule has 21 heavy (non-hydrogen) atoms. The number of benzene rings is 1. The highest BCUT2D eigenvalue weighted by Crippen LogP contribution is 2.31. The molecule has 2 unspecified atom stereocenters. The number of hydrogen-bond acceptors (Lipinski definition) is 3. The number of hydrogen-bond donors (Lipinski definition) is 1. The lowest BCUT2D eigenvalue weighted by Gasteiger charge is -2.31. The van der Waals surface area contributed by atoms with Crippen molar-refractivity contribution >= 4 is 22.0 Å². The van der Waals surface area contributed by atoms with Gasteiger partial charge in [0, 0.05) is 11.0 Å². The van der Waals surface area contributed by atoms with Gasteiger partial charge in [0.15, 0.2) is 0 Å². The molecule has 1 heterocycles. The van der Waals surface area contributed by atoms with Crippen LogP contribution in [0.2, 0.25) is 0 Å². The molecular weight excluding hydrogens is 334 g/mol.